The Kier molecular flexibility index (Phi) is 3.68. The summed E-state index contributed by atoms with van der Waals surface area (Å²) in [6, 6.07) is 7.81. The number of hydrogen-bond donors (Lipinski definition) is 0. The maximum atomic E-state index is 6.30. The van der Waals surface area contributed by atoms with Gasteiger partial charge in [0, 0.05) is 12.1 Å². The zero-order valence-electron chi connectivity index (χ0n) is 12.1. The standard InChI is InChI=1S/C15H16Cl2N4/c1-9(16)14-18-13-10(2)19-20(3)15(13)21(14)8-11-6-4-5-7-12(11)17/h4-7,9H,8H2,1-3H3. The van der Waals surface area contributed by atoms with Crippen molar-refractivity contribution in [3.63, 3.8) is 0 Å². The highest BCUT2D eigenvalue weighted by Crippen LogP contribution is 2.28. The molecule has 2 heterocycles. The van der Waals surface area contributed by atoms with Gasteiger partial charge in [-0.3, -0.25) is 4.68 Å². The fourth-order valence-corrected chi connectivity index (χ4v) is 2.97. The van der Waals surface area contributed by atoms with Gasteiger partial charge in [-0.05, 0) is 25.5 Å². The number of halogens is 2. The van der Waals surface area contributed by atoms with E-state index in [9.17, 15) is 0 Å². The van der Waals surface area contributed by atoms with Crippen LogP contribution in [0.2, 0.25) is 5.02 Å². The first-order valence-corrected chi connectivity index (χ1v) is 7.57. The molecule has 3 aromatic rings. The molecule has 0 spiro atoms. The zero-order chi connectivity index (χ0) is 15.1. The summed E-state index contributed by atoms with van der Waals surface area (Å²) in [7, 11) is 1.92. The maximum Gasteiger partial charge on any atom is 0.159 e. The lowest BCUT2D eigenvalue weighted by Crippen LogP contribution is -2.09. The highest BCUT2D eigenvalue weighted by molar-refractivity contribution is 6.31. The van der Waals surface area contributed by atoms with Gasteiger partial charge in [-0.15, -0.1) is 11.6 Å². The van der Waals surface area contributed by atoms with Crippen LogP contribution in [0.1, 0.15) is 29.4 Å². The molecule has 0 bridgehead atoms. The van der Waals surface area contributed by atoms with Gasteiger partial charge in [-0.25, -0.2) is 4.98 Å². The fraction of sp³-hybridized carbons (Fsp3) is 0.333. The summed E-state index contributed by atoms with van der Waals surface area (Å²) in [5.74, 6) is 0.836. The second-order valence-electron chi connectivity index (χ2n) is 5.14. The lowest BCUT2D eigenvalue weighted by atomic mass is 10.2. The monoisotopic (exact) mass is 322 g/mol. The third-order valence-corrected chi connectivity index (χ3v) is 4.13. The van der Waals surface area contributed by atoms with Crippen molar-refractivity contribution < 1.29 is 0 Å². The predicted octanol–water partition coefficient (Wildman–Crippen LogP) is 4.08. The van der Waals surface area contributed by atoms with Crippen molar-refractivity contribution in [1.82, 2.24) is 19.3 Å². The van der Waals surface area contributed by atoms with Crippen LogP contribution in [0.25, 0.3) is 11.2 Å². The van der Waals surface area contributed by atoms with Crippen LogP contribution in [-0.2, 0) is 13.6 Å². The highest BCUT2D eigenvalue weighted by Gasteiger charge is 2.20. The minimum atomic E-state index is -0.181. The van der Waals surface area contributed by atoms with E-state index < -0.39 is 0 Å². The second kappa shape index (κ2) is 5.35. The molecule has 0 radical (unpaired) electrons. The Bertz CT molecular complexity index is 801. The largest absolute Gasteiger partial charge is 0.307 e. The number of aromatic nitrogens is 4. The molecular weight excluding hydrogens is 307 g/mol. The van der Waals surface area contributed by atoms with Crippen LogP contribution in [0.3, 0.4) is 0 Å². The number of imidazole rings is 1. The third kappa shape index (κ3) is 2.43. The number of rotatable bonds is 3. The Labute approximate surface area is 133 Å². The van der Waals surface area contributed by atoms with Crippen molar-refractivity contribution in [2.45, 2.75) is 25.8 Å². The lowest BCUT2D eigenvalue weighted by Gasteiger charge is -2.12. The van der Waals surface area contributed by atoms with E-state index in [1.54, 1.807) is 0 Å². The molecule has 0 saturated carbocycles. The van der Waals surface area contributed by atoms with Crippen molar-refractivity contribution in [3.8, 4) is 0 Å². The first kappa shape index (κ1) is 14.4. The third-order valence-electron chi connectivity index (χ3n) is 3.56. The fourth-order valence-electron chi connectivity index (χ4n) is 2.61. The quantitative estimate of drug-likeness (QED) is 0.681. The topological polar surface area (TPSA) is 35.6 Å². The Balaban J connectivity index is 2.20. The van der Waals surface area contributed by atoms with Gasteiger partial charge >= 0.3 is 0 Å². The minimum absolute atomic E-state index is 0.181. The molecule has 0 fully saturated rings. The molecule has 1 aromatic carbocycles. The maximum absolute atomic E-state index is 6.30. The van der Waals surface area contributed by atoms with Gasteiger partial charge in [0.1, 0.15) is 11.3 Å². The number of aryl methyl sites for hydroxylation is 2. The van der Waals surface area contributed by atoms with E-state index in [1.807, 2.05) is 49.8 Å². The van der Waals surface area contributed by atoms with Crippen LogP contribution in [-0.4, -0.2) is 19.3 Å². The van der Waals surface area contributed by atoms with Crippen LogP contribution < -0.4 is 0 Å². The van der Waals surface area contributed by atoms with Gasteiger partial charge in [0.25, 0.3) is 0 Å². The molecular formula is C15H16Cl2N4. The van der Waals surface area contributed by atoms with E-state index in [-0.39, 0.29) is 5.38 Å². The lowest BCUT2D eigenvalue weighted by molar-refractivity contribution is 0.686. The van der Waals surface area contributed by atoms with Crippen molar-refractivity contribution in [1.29, 1.82) is 0 Å². The first-order valence-electron chi connectivity index (χ1n) is 6.76. The van der Waals surface area contributed by atoms with E-state index >= 15 is 0 Å². The number of nitrogens with zero attached hydrogens (tertiary/aromatic N) is 4. The SMILES string of the molecule is Cc1nn(C)c2c1nc(C(C)Cl)n2Cc1ccccc1Cl. The molecule has 0 aliphatic heterocycles. The molecule has 0 aliphatic rings. The number of hydrogen-bond acceptors (Lipinski definition) is 2. The molecule has 21 heavy (non-hydrogen) atoms. The van der Waals surface area contributed by atoms with Crippen LogP contribution in [0.15, 0.2) is 24.3 Å². The summed E-state index contributed by atoms with van der Waals surface area (Å²) >= 11 is 12.6. The van der Waals surface area contributed by atoms with E-state index in [0.717, 1.165) is 33.3 Å². The normalized spacial score (nSPS) is 13.0. The van der Waals surface area contributed by atoms with Gasteiger partial charge in [-0.2, -0.15) is 5.10 Å². The van der Waals surface area contributed by atoms with Crippen molar-refractivity contribution in [3.05, 3.63) is 46.4 Å². The summed E-state index contributed by atoms with van der Waals surface area (Å²) in [4.78, 5) is 4.66. The molecule has 1 atom stereocenters. The first-order chi connectivity index (χ1) is 9.99. The van der Waals surface area contributed by atoms with Gasteiger partial charge in [0.15, 0.2) is 5.65 Å². The van der Waals surface area contributed by atoms with Gasteiger partial charge in [-0.1, -0.05) is 29.8 Å². The Morgan fingerprint density at radius 1 is 1.29 bits per heavy atom. The average molecular weight is 323 g/mol. The van der Waals surface area contributed by atoms with E-state index in [4.69, 9.17) is 23.2 Å². The van der Waals surface area contributed by atoms with E-state index in [2.05, 4.69) is 14.6 Å². The smallest absolute Gasteiger partial charge is 0.159 e. The predicted molar refractivity (Wildman–Crippen MR) is 86.1 cm³/mol. The highest BCUT2D eigenvalue weighted by atomic mass is 35.5. The van der Waals surface area contributed by atoms with E-state index in [0.29, 0.717) is 6.54 Å². The van der Waals surface area contributed by atoms with E-state index in [1.165, 1.54) is 0 Å². The Morgan fingerprint density at radius 3 is 2.67 bits per heavy atom. The van der Waals surface area contributed by atoms with Gasteiger partial charge < -0.3 is 4.57 Å². The molecule has 0 saturated heterocycles. The molecule has 110 valence electrons. The van der Waals surface area contributed by atoms with Crippen LogP contribution in [0.4, 0.5) is 0 Å². The summed E-state index contributed by atoms with van der Waals surface area (Å²) in [6.07, 6.45) is 0. The van der Waals surface area contributed by atoms with Crippen LogP contribution in [0.5, 0.6) is 0 Å². The second-order valence-corrected chi connectivity index (χ2v) is 6.21. The number of fused-ring (bicyclic) bond motifs is 1. The minimum Gasteiger partial charge on any atom is -0.307 e. The Hall–Kier alpha value is -1.52. The molecule has 2 aromatic heterocycles. The van der Waals surface area contributed by atoms with Gasteiger partial charge in [0.05, 0.1) is 17.6 Å². The van der Waals surface area contributed by atoms with Crippen LogP contribution in [0, 0.1) is 6.92 Å². The molecule has 0 aliphatic carbocycles. The summed E-state index contributed by atoms with van der Waals surface area (Å²) in [5.41, 5.74) is 3.81. The Morgan fingerprint density at radius 2 is 2.00 bits per heavy atom. The average Bonchev–Trinajstić information content (AvgIpc) is 2.92. The summed E-state index contributed by atoms with van der Waals surface area (Å²) in [6.45, 7) is 4.51. The molecule has 6 heteroatoms. The molecule has 4 nitrogen and oxygen atoms in total. The van der Waals surface area contributed by atoms with Crippen LogP contribution >= 0.6 is 23.2 Å². The number of alkyl halides is 1. The van der Waals surface area contributed by atoms with Crippen molar-refractivity contribution in [2.24, 2.45) is 7.05 Å². The summed E-state index contributed by atoms with van der Waals surface area (Å²) in [5, 5.41) is 4.99. The van der Waals surface area contributed by atoms with Crippen molar-refractivity contribution in [2.75, 3.05) is 0 Å². The molecule has 0 N–H and O–H groups in total. The number of benzene rings is 1. The van der Waals surface area contributed by atoms with Gasteiger partial charge in [0.2, 0.25) is 0 Å². The molecule has 1 unspecified atom stereocenters. The molecule has 0 amide bonds. The summed E-state index contributed by atoms with van der Waals surface area (Å²) < 4.78 is 3.94. The molecule has 3 rings (SSSR count). The zero-order valence-corrected chi connectivity index (χ0v) is 13.7. The van der Waals surface area contributed by atoms with Crippen molar-refractivity contribution >= 4 is 34.4 Å².